The number of nitrogens with two attached hydrogens (primary N) is 1. The minimum absolute atomic E-state index is 0.0250. The molecule has 1 atom stereocenters. The maximum absolute atomic E-state index is 11.9. The van der Waals surface area contributed by atoms with Crippen molar-refractivity contribution in [1.82, 2.24) is 10.2 Å². The van der Waals surface area contributed by atoms with Crippen molar-refractivity contribution < 1.29 is 27.9 Å². The molecule has 1 unspecified atom stereocenters. The number of carboxylic acids is 1. The molecule has 20 heavy (non-hydrogen) atoms. The number of aliphatic carboxylic acids is 1. The minimum Gasteiger partial charge on any atom is -0.481 e. The van der Waals surface area contributed by atoms with Crippen LogP contribution >= 0.6 is 0 Å². The maximum Gasteiger partial charge on any atom is 0.317 e. The Hall–Kier alpha value is -1.84. The molecule has 10 heteroatoms. The number of hydrogen-bond donors (Lipinski definition) is 3. The molecule has 0 aromatic carbocycles. The molecule has 0 radical (unpaired) electrons. The number of amides is 3. The Labute approximate surface area is 116 Å². The number of sulfone groups is 1. The van der Waals surface area contributed by atoms with Gasteiger partial charge in [-0.1, -0.05) is 0 Å². The molecule has 0 aromatic heterocycles. The van der Waals surface area contributed by atoms with Gasteiger partial charge in [0.2, 0.25) is 5.91 Å². The van der Waals surface area contributed by atoms with Crippen molar-refractivity contribution in [2.75, 3.05) is 24.6 Å². The van der Waals surface area contributed by atoms with Gasteiger partial charge in [0, 0.05) is 19.5 Å². The molecule has 1 fully saturated rings. The minimum atomic E-state index is -3.34. The molecule has 0 aromatic rings. The summed E-state index contributed by atoms with van der Waals surface area (Å²) in [4.78, 5) is 34.3. The SMILES string of the molecule is NC(=O)CCNC(=O)N1CCS(=O)(=O)CC1CC(=O)O. The van der Waals surface area contributed by atoms with E-state index in [4.69, 9.17) is 10.8 Å². The van der Waals surface area contributed by atoms with Crippen molar-refractivity contribution in [2.24, 2.45) is 5.73 Å². The van der Waals surface area contributed by atoms with Crippen LogP contribution in [0.15, 0.2) is 0 Å². The molecule has 0 bridgehead atoms. The first kappa shape index (κ1) is 16.2. The summed E-state index contributed by atoms with van der Waals surface area (Å²) in [5, 5.41) is 11.2. The summed E-state index contributed by atoms with van der Waals surface area (Å²) in [7, 11) is -3.34. The van der Waals surface area contributed by atoms with E-state index >= 15 is 0 Å². The molecule has 3 amide bonds. The van der Waals surface area contributed by atoms with Crippen LogP contribution in [0.3, 0.4) is 0 Å². The molecule has 1 aliphatic rings. The summed E-state index contributed by atoms with van der Waals surface area (Å²) in [5.74, 6) is -2.33. The number of hydrogen-bond acceptors (Lipinski definition) is 5. The van der Waals surface area contributed by atoms with Crippen LogP contribution in [0.2, 0.25) is 0 Å². The summed E-state index contributed by atoms with van der Waals surface area (Å²) in [6.45, 7) is -0.0418. The standard InChI is InChI=1S/C10H17N3O6S/c11-8(14)1-2-12-10(17)13-3-4-20(18,19)6-7(13)5-9(15)16/h7H,1-6H2,(H2,11,14)(H,12,17)(H,15,16). The van der Waals surface area contributed by atoms with Crippen LogP contribution in [0.25, 0.3) is 0 Å². The molecule has 1 rings (SSSR count). The summed E-state index contributed by atoms with van der Waals surface area (Å²) >= 11 is 0. The molecule has 114 valence electrons. The highest BCUT2D eigenvalue weighted by Gasteiger charge is 2.35. The van der Waals surface area contributed by atoms with Gasteiger partial charge in [0.15, 0.2) is 9.84 Å². The highest BCUT2D eigenvalue weighted by molar-refractivity contribution is 7.91. The van der Waals surface area contributed by atoms with E-state index in [2.05, 4.69) is 5.32 Å². The first-order valence-corrected chi connectivity index (χ1v) is 7.78. The molecule has 9 nitrogen and oxygen atoms in total. The number of primary amides is 1. The largest absolute Gasteiger partial charge is 0.481 e. The third-order valence-corrected chi connectivity index (χ3v) is 4.55. The second-order valence-electron chi connectivity index (χ2n) is 4.51. The van der Waals surface area contributed by atoms with Crippen molar-refractivity contribution >= 4 is 27.7 Å². The van der Waals surface area contributed by atoms with Crippen LogP contribution < -0.4 is 11.1 Å². The van der Waals surface area contributed by atoms with Crippen molar-refractivity contribution in [1.29, 1.82) is 0 Å². The predicted octanol–water partition coefficient (Wildman–Crippen LogP) is -1.85. The van der Waals surface area contributed by atoms with Crippen molar-refractivity contribution in [3.63, 3.8) is 0 Å². The zero-order valence-corrected chi connectivity index (χ0v) is 11.6. The molecule has 4 N–H and O–H groups in total. The Kier molecular flexibility index (Phi) is 5.31. The third-order valence-electron chi connectivity index (χ3n) is 2.85. The first-order chi connectivity index (χ1) is 9.21. The Morgan fingerprint density at radius 2 is 2.00 bits per heavy atom. The fourth-order valence-electron chi connectivity index (χ4n) is 1.92. The average molecular weight is 307 g/mol. The van der Waals surface area contributed by atoms with Gasteiger partial charge in [-0.15, -0.1) is 0 Å². The van der Waals surface area contributed by atoms with Gasteiger partial charge in [0.1, 0.15) is 0 Å². The van der Waals surface area contributed by atoms with Gasteiger partial charge in [-0.05, 0) is 0 Å². The van der Waals surface area contributed by atoms with Crippen LogP contribution in [0, 0.1) is 0 Å². The lowest BCUT2D eigenvalue weighted by molar-refractivity contribution is -0.138. The van der Waals surface area contributed by atoms with E-state index < -0.39 is 40.2 Å². The van der Waals surface area contributed by atoms with E-state index in [1.807, 2.05) is 0 Å². The number of nitrogens with zero attached hydrogens (tertiary/aromatic N) is 1. The number of nitrogens with one attached hydrogen (secondary N) is 1. The fourth-order valence-corrected chi connectivity index (χ4v) is 3.44. The quantitative estimate of drug-likeness (QED) is 0.543. The van der Waals surface area contributed by atoms with Gasteiger partial charge in [0.25, 0.3) is 0 Å². The van der Waals surface area contributed by atoms with Crippen LogP contribution in [-0.2, 0) is 19.4 Å². The summed E-state index contributed by atoms with van der Waals surface area (Å²) < 4.78 is 23.0. The van der Waals surface area contributed by atoms with E-state index in [0.717, 1.165) is 0 Å². The summed E-state index contributed by atoms with van der Waals surface area (Å²) in [6, 6.07) is -1.49. The summed E-state index contributed by atoms with van der Waals surface area (Å²) in [5.41, 5.74) is 4.93. The predicted molar refractivity (Wildman–Crippen MR) is 68.6 cm³/mol. The molecule has 0 saturated carbocycles. The van der Waals surface area contributed by atoms with E-state index in [9.17, 15) is 22.8 Å². The van der Waals surface area contributed by atoms with Gasteiger partial charge in [-0.2, -0.15) is 0 Å². The number of carbonyl (C=O) groups excluding carboxylic acids is 2. The number of rotatable bonds is 5. The van der Waals surface area contributed by atoms with Crippen LogP contribution in [0.1, 0.15) is 12.8 Å². The molecule has 1 saturated heterocycles. The fraction of sp³-hybridized carbons (Fsp3) is 0.700. The van der Waals surface area contributed by atoms with Gasteiger partial charge >= 0.3 is 12.0 Å². The molecular weight excluding hydrogens is 290 g/mol. The lowest BCUT2D eigenvalue weighted by Gasteiger charge is -2.34. The Morgan fingerprint density at radius 1 is 1.35 bits per heavy atom. The molecule has 0 spiro atoms. The van der Waals surface area contributed by atoms with Gasteiger partial charge in [0.05, 0.1) is 24.0 Å². The zero-order valence-electron chi connectivity index (χ0n) is 10.7. The van der Waals surface area contributed by atoms with E-state index in [0.29, 0.717) is 0 Å². The second kappa shape index (κ2) is 6.55. The molecule has 0 aliphatic carbocycles. The first-order valence-electron chi connectivity index (χ1n) is 5.96. The Morgan fingerprint density at radius 3 is 2.55 bits per heavy atom. The third kappa shape index (κ3) is 5.03. The van der Waals surface area contributed by atoms with Gasteiger partial charge < -0.3 is 21.1 Å². The number of carboxylic acid groups (broad SMARTS) is 1. The molecule has 1 heterocycles. The smallest absolute Gasteiger partial charge is 0.317 e. The van der Waals surface area contributed by atoms with Gasteiger partial charge in [-0.3, -0.25) is 9.59 Å². The Balaban J connectivity index is 2.67. The normalized spacial score (nSPS) is 21.2. The van der Waals surface area contributed by atoms with E-state index in [1.54, 1.807) is 0 Å². The number of urea groups is 1. The van der Waals surface area contributed by atoms with E-state index in [1.165, 1.54) is 4.90 Å². The van der Waals surface area contributed by atoms with Crippen LogP contribution in [0.5, 0.6) is 0 Å². The monoisotopic (exact) mass is 307 g/mol. The molecular formula is C10H17N3O6S. The van der Waals surface area contributed by atoms with Crippen molar-refractivity contribution in [3.05, 3.63) is 0 Å². The highest BCUT2D eigenvalue weighted by atomic mass is 32.2. The average Bonchev–Trinajstić information content (AvgIpc) is 2.26. The second-order valence-corrected chi connectivity index (χ2v) is 6.74. The van der Waals surface area contributed by atoms with Crippen molar-refractivity contribution in [2.45, 2.75) is 18.9 Å². The lowest BCUT2D eigenvalue weighted by atomic mass is 10.2. The van der Waals surface area contributed by atoms with Crippen LogP contribution in [0.4, 0.5) is 4.79 Å². The Bertz CT molecular complexity index is 503. The maximum atomic E-state index is 11.9. The zero-order chi connectivity index (χ0) is 15.3. The topological polar surface area (TPSA) is 147 Å². The van der Waals surface area contributed by atoms with Crippen LogP contribution in [-0.4, -0.2) is 67.0 Å². The molecule has 1 aliphatic heterocycles. The van der Waals surface area contributed by atoms with Crippen molar-refractivity contribution in [3.8, 4) is 0 Å². The number of carbonyl (C=O) groups is 3. The van der Waals surface area contributed by atoms with E-state index in [-0.39, 0.29) is 31.0 Å². The van der Waals surface area contributed by atoms with Gasteiger partial charge in [-0.25, -0.2) is 13.2 Å². The summed E-state index contributed by atoms with van der Waals surface area (Å²) in [6.07, 6.45) is -0.482. The highest BCUT2D eigenvalue weighted by Crippen LogP contribution is 2.15. The lowest BCUT2D eigenvalue weighted by Crippen LogP contribution is -2.55.